The SMILES string of the molecule is N#CCCN(CCCCBr)C1CC1. The molecular weight excluding hydrogens is 228 g/mol. The Hall–Kier alpha value is -0.0700. The zero-order valence-electron chi connectivity index (χ0n) is 8.01. The maximum atomic E-state index is 8.50. The van der Waals surface area contributed by atoms with Gasteiger partial charge in [0.25, 0.3) is 0 Å². The van der Waals surface area contributed by atoms with Gasteiger partial charge in [0.2, 0.25) is 0 Å². The maximum absolute atomic E-state index is 8.50. The lowest BCUT2D eigenvalue weighted by atomic mass is 10.3. The molecule has 1 rings (SSSR count). The third kappa shape index (κ3) is 4.64. The van der Waals surface area contributed by atoms with Gasteiger partial charge >= 0.3 is 0 Å². The van der Waals surface area contributed by atoms with Gasteiger partial charge in [-0.05, 0) is 32.2 Å². The average molecular weight is 245 g/mol. The average Bonchev–Trinajstić information content (AvgIpc) is 2.94. The van der Waals surface area contributed by atoms with Gasteiger partial charge in [-0.25, -0.2) is 0 Å². The van der Waals surface area contributed by atoms with Crippen LogP contribution in [0.4, 0.5) is 0 Å². The molecule has 0 atom stereocenters. The molecule has 0 N–H and O–H groups in total. The number of unbranched alkanes of at least 4 members (excludes halogenated alkanes) is 1. The summed E-state index contributed by atoms with van der Waals surface area (Å²) in [6.45, 7) is 2.15. The smallest absolute Gasteiger partial charge is 0.0635 e. The predicted molar refractivity (Wildman–Crippen MR) is 57.9 cm³/mol. The largest absolute Gasteiger partial charge is 0.299 e. The lowest BCUT2D eigenvalue weighted by Crippen LogP contribution is -2.28. The summed E-state index contributed by atoms with van der Waals surface area (Å²) in [7, 11) is 0. The summed E-state index contributed by atoms with van der Waals surface area (Å²) < 4.78 is 0. The molecule has 1 aliphatic rings. The molecule has 2 nitrogen and oxygen atoms in total. The van der Waals surface area contributed by atoms with Crippen LogP contribution in [0, 0.1) is 11.3 Å². The maximum Gasteiger partial charge on any atom is 0.0635 e. The van der Waals surface area contributed by atoms with E-state index in [-0.39, 0.29) is 0 Å². The number of alkyl halides is 1. The molecule has 3 heteroatoms. The minimum atomic E-state index is 0.685. The van der Waals surface area contributed by atoms with E-state index in [1.54, 1.807) is 0 Å². The van der Waals surface area contributed by atoms with Crippen LogP contribution >= 0.6 is 15.9 Å². The molecule has 0 saturated heterocycles. The lowest BCUT2D eigenvalue weighted by molar-refractivity contribution is 0.265. The minimum absolute atomic E-state index is 0.685. The van der Waals surface area contributed by atoms with E-state index in [1.807, 2.05) is 0 Å². The zero-order valence-corrected chi connectivity index (χ0v) is 9.59. The highest BCUT2D eigenvalue weighted by molar-refractivity contribution is 9.09. The number of hydrogen-bond acceptors (Lipinski definition) is 2. The second-order valence-corrected chi connectivity index (χ2v) is 4.36. The Morgan fingerprint density at radius 1 is 1.31 bits per heavy atom. The Morgan fingerprint density at radius 3 is 2.62 bits per heavy atom. The van der Waals surface area contributed by atoms with Crippen molar-refractivity contribution in [3.63, 3.8) is 0 Å². The molecule has 1 fully saturated rings. The second-order valence-electron chi connectivity index (χ2n) is 3.57. The highest BCUT2D eigenvalue weighted by Crippen LogP contribution is 2.27. The second kappa shape index (κ2) is 6.39. The fourth-order valence-corrected chi connectivity index (χ4v) is 1.92. The first kappa shape index (κ1) is 11.0. The van der Waals surface area contributed by atoms with Crippen molar-refractivity contribution in [1.29, 1.82) is 5.26 Å². The first-order valence-electron chi connectivity index (χ1n) is 5.05. The quantitative estimate of drug-likeness (QED) is 0.509. The van der Waals surface area contributed by atoms with Crippen molar-refractivity contribution in [1.82, 2.24) is 4.90 Å². The summed E-state index contributed by atoms with van der Waals surface area (Å²) in [5.41, 5.74) is 0. The van der Waals surface area contributed by atoms with E-state index >= 15 is 0 Å². The molecule has 1 aliphatic carbocycles. The molecule has 13 heavy (non-hydrogen) atoms. The molecule has 1 saturated carbocycles. The van der Waals surface area contributed by atoms with Gasteiger partial charge in [-0.15, -0.1) is 0 Å². The van der Waals surface area contributed by atoms with Crippen LogP contribution in [0.1, 0.15) is 32.1 Å². The van der Waals surface area contributed by atoms with E-state index < -0.39 is 0 Å². The minimum Gasteiger partial charge on any atom is -0.299 e. The number of nitrogens with zero attached hydrogens (tertiary/aromatic N) is 2. The van der Waals surface area contributed by atoms with Gasteiger partial charge in [-0.1, -0.05) is 15.9 Å². The summed E-state index contributed by atoms with van der Waals surface area (Å²) in [5.74, 6) is 0. The summed E-state index contributed by atoms with van der Waals surface area (Å²) >= 11 is 3.43. The van der Waals surface area contributed by atoms with Crippen LogP contribution < -0.4 is 0 Å². The molecule has 0 bridgehead atoms. The van der Waals surface area contributed by atoms with Crippen LogP contribution in [-0.4, -0.2) is 29.4 Å². The zero-order chi connectivity index (χ0) is 9.52. The van der Waals surface area contributed by atoms with E-state index in [4.69, 9.17) is 5.26 Å². The number of halogens is 1. The molecule has 0 aliphatic heterocycles. The Labute approximate surface area is 89.0 Å². The van der Waals surface area contributed by atoms with E-state index in [0.29, 0.717) is 6.42 Å². The molecule has 0 spiro atoms. The third-order valence-electron chi connectivity index (χ3n) is 2.40. The van der Waals surface area contributed by atoms with Gasteiger partial charge < -0.3 is 0 Å². The summed E-state index contributed by atoms with van der Waals surface area (Å²) in [6.07, 6.45) is 5.88. The van der Waals surface area contributed by atoms with Gasteiger partial charge in [0.05, 0.1) is 6.07 Å². The van der Waals surface area contributed by atoms with E-state index in [2.05, 4.69) is 26.9 Å². The summed E-state index contributed by atoms with van der Waals surface area (Å²) in [5, 5.41) is 9.61. The predicted octanol–water partition coefficient (Wildman–Crippen LogP) is 2.54. The van der Waals surface area contributed by atoms with Crippen molar-refractivity contribution in [2.45, 2.75) is 38.1 Å². The fraction of sp³-hybridized carbons (Fsp3) is 0.900. The molecule has 0 aromatic rings. The highest BCUT2D eigenvalue weighted by Gasteiger charge is 2.27. The van der Waals surface area contributed by atoms with Crippen LogP contribution in [0.2, 0.25) is 0 Å². The molecule has 0 radical (unpaired) electrons. The van der Waals surface area contributed by atoms with E-state index in [9.17, 15) is 0 Å². The number of rotatable bonds is 7. The molecule has 74 valence electrons. The molecular formula is C10H17BrN2. The third-order valence-corrected chi connectivity index (χ3v) is 2.96. The van der Waals surface area contributed by atoms with Gasteiger partial charge in [0.1, 0.15) is 0 Å². The molecule has 0 unspecified atom stereocenters. The summed E-state index contributed by atoms with van der Waals surface area (Å²) in [4.78, 5) is 2.48. The van der Waals surface area contributed by atoms with Crippen LogP contribution in [0.5, 0.6) is 0 Å². The standard InChI is InChI=1S/C10H17BrN2/c11-6-1-2-8-13(9-3-7-12)10-4-5-10/h10H,1-6,8-9H2. The van der Waals surface area contributed by atoms with Crippen LogP contribution in [0.3, 0.4) is 0 Å². The van der Waals surface area contributed by atoms with Crippen molar-refractivity contribution >= 4 is 15.9 Å². The Balaban J connectivity index is 2.10. The number of nitriles is 1. The van der Waals surface area contributed by atoms with Crippen molar-refractivity contribution in [3.8, 4) is 6.07 Å². The van der Waals surface area contributed by atoms with Crippen molar-refractivity contribution in [3.05, 3.63) is 0 Å². The number of hydrogen-bond donors (Lipinski definition) is 0. The summed E-state index contributed by atoms with van der Waals surface area (Å²) in [6, 6.07) is 3.03. The van der Waals surface area contributed by atoms with Gasteiger partial charge in [-0.3, -0.25) is 4.90 Å². The molecule has 0 heterocycles. The Morgan fingerprint density at radius 2 is 2.08 bits per heavy atom. The van der Waals surface area contributed by atoms with Crippen molar-refractivity contribution in [2.24, 2.45) is 0 Å². The normalized spacial score (nSPS) is 16.1. The Bertz CT molecular complexity index is 172. The van der Waals surface area contributed by atoms with Gasteiger partial charge in [0, 0.05) is 24.3 Å². The Kier molecular flexibility index (Phi) is 5.41. The van der Waals surface area contributed by atoms with E-state index in [0.717, 1.165) is 17.9 Å². The van der Waals surface area contributed by atoms with Gasteiger partial charge in [0.15, 0.2) is 0 Å². The van der Waals surface area contributed by atoms with Crippen molar-refractivity contribution in [2.75, 3.05) is 18.4 Å². The lowest BCUT2D eigenvalue weighted by Gasteiger charge is -2.19. The molecule has 0 amide bonds. The van der Waals surface area contributed by atoms with Crippen LogP contribution in [-0.2, 0) is 0 Å². The van der Waals surface area contributed by atoms with Crippen LogP contribution in [0.15, 0.2) is 0 Å². The van der Waals surface area contributed by atoms with E-state index in [1.165, 1.54) is 32.2 Å². The fourth-order valence-electron chi connectivity index (χ4n) is 1.52. The first-order valence-corrected chi connectivity index (χ1v) is 6.17. The van der Waals surface area contributed by atoms with Crippen LogP contribution in [0.25, 0.3) is 0 Å². The monoisotopic (exact) mass is 244 g/mol. The highest BCUT2D eigenvalue weighted by atomic mass is 79.9. The molecule has 0 aromatic heterocycles. The van der Waals surface area contributed by atoms with Crippen molar-refractivity contribution < 1.29 is 0 Å². The molecule has 0 aromatic carbocycles. The van der Waals surface area contributed by atoms with Gasteiger partial charge in [-0.2, -0.15) is 5.26 Å². The topological polar surface area (TPSA) is 27.0 Å². The first-order chi connectivity index (χ1) is 6.38.